The lowest BCUT2D eigenvalue weighted by molar-refractivity contribution is -0.134. The molecule has 0 fully saturated rings. The van der Waals surface area contributed by atoms with E-state index >= 15 is 0 Å². The van der Waals surface area contributed by atoms with Crippen molar-refractivity contribution in [1.82, 2.24) is 14.8 Å². The van der Waals surface area contributed by atoms with Gasteiger partial charge in [0.25, 0.3) is 0 Å². The highest BCUT2D eigenvalue weighted by Crippen LogP contribution is 2.15. The van der Waals surface area contributed by atoms with Crippen molar-refractivity contribution in [2.75, 3.05) is 7.11 Å². The van der Waals surface area contributed by atoms with E-state index in [1.54, 1.807) is 5.41 Å². The SMILES string of the molecule is COC(=O)C=CSc1nnc(C)n1C. The molecule has 0 spiro atoms. The molecule has 0 bridgehead atoms. The molecule has 14 heavy (non-hydrogen) atoms. The van der Waals surface area contributed by atoms with E-state index in [4.69, 9.17) is 0 Å². The average molecular weight is 213 g/mol. The number of carbonyl (C=O) groups is 1. The van der Waals surface area contributed by atoms with Gasteiger partial charge < -0.3 is 9.30 Å². The summed E-state index contributed by atoms with van der Waals surface area (Å²) in [7, 11) is 3.20. The van der Waals surface area contributed by atoms with Gasteiger partial charge in [0.15, 0.2) is 5.16 Å². The van der Waals surface area contributed by atoms with E-state index in [1.807, 2.05) is 18.5 Å². The lowest BCUT2D eigenvalue weighted by Crippen LogP contribution is -1.94. The van der Waals surface area contributed by atoms with Crippen molar-refractivity contribution < 1.29 is 9.53 Å². The Morgan fingerprint density at radius 2 is 2.29 bits per heavy atom. The molecule has 1 aromatic rings. The Hall–Kier alpha value is -1.30. The lowest BCUT2D eigenvalue weighted by atomic mass is 10.7. The Morgan fingerprint density at radius 1 is 1.57 bits per heavy atom. The summed E-state index contributed by atoms with van der Waals surface area (Å²) in [5, 5.41) is 10.1. The molecule has 6 heteroatoms. The molecule has 5 nitrogen and oxygen atoms in total. The summed E-state index contributed by atoms with van der Waals surface area (Å²) in [6.45, 7) is 1.86. The number of carbonyl (C=O) groups excluding carboxylic acids is 1. The van der Waals surface area contributed by atoms with Crippen LogP contribution in [0.5, 0.6) is 0 Å². The molecule has 0 saturated carbocycles. The second kappa shape index (κ2) is 4.80. The monoisotopic (exact) mass is 213 g/mol. The minimum atomic E-state index is -0.378. The van der Waals surface area contributed by atoms with Crippen molar-refractivity contribution in [3.05, 3.63) is 17.3 Å². The van der Waals surface area contributed by atoms with Gasteiger partial charge in [-0.25, -0.2) is 4.79 Å². The number of thioether (sulfide) groups is 1. The molecule has 0 N–H and O–H groups in total. The molecule has 0 saturated heterocycles. The van der Waals surface area contributed by atoms with Gasteiger partial charge >= 0.3 is 5.97 Å². The predicted octanol–water partition coefficient (Wildman–Crippen LogP) is 0.902. The van der Waals surface area contributed by atoms with Crippen LogP contribution in [0.1, 0.15) is 5.82 Å². The molecule has 76 valence electrons. The van der Waals surface area contributed by atoms with E-state index in [0.29, 0.717) is 0 Å². The maximum atomic E-state index is 10.7. The van der Waals surface area contributed by atoms with Crippen molar-refractivity contribution in [2.24, 2.45) is 7.05 Å². The van der Waals surface area contributed by atoms with Crippen LogP contribution < -0.4 is 0 Å². The highest BCUT2D eigenvalue weighted by Gasteiger charge is 2.02. The molecular weight excluding hydrogens is 202 g/mol. The predicted molar refractivity (Wildman–Crippen MR) is 52.8 cm³/mol. The first-order valence-corrected chi connectivity index (χ1v) is 4.80. The summed E-state index contributed by atoms with van der Waals surface area (Å²) in [5.41, 5.74) is 0. The van der Waals surface area contributed by atoms with Crippen molar-refractivity contribution in [3.8, 4) is 0 Å². The Bertz CT molecular complexity index is 359. The van der Waals surface area contributed by atoms with Crippen LogP contribution in [-0.2, 0) is 16.6 Å². The van der Waals surface area contributed by atoms with Crippen LogP contribution in [0.4, 0.5) is 0 Å². The third kappa shape index (κ3) is 2.59. The quantitative estimate of drug-likeness (QED) is 0.424. The second-order valence-corrected chi connectivity index (χ2v) is 3.41. The molecule has 0 unspecified atom stereocenters. The van der Waals surface area contributed by atoms with Crippen LogP contribution in [0.15, 0.2) is 16.6 Å². The summed E-state index contributed by atoms with van der Waals surface area (Å²) in [6, 6.07) is 0. The number of aryl methyl sites for hydroxylation is 1. The first kappa shape index (κ1) is 10.8. The zero-order valence-electron chi connectivity index (χ0n) is 8.22. The topological polar surface area (TPSA) is 57.0 Å². The lowest BCUT2D eigenvalue weighted by Gasteiger charge is -1.95. The summed E-state index contributed by atoms with van der Waals surface area (Å²) < 4.78 is 6.28. The zero-order valence-corrected chi connectivity index (χ0v) is 9.04. The fourth-order valence-corrected chi connectivity index (χ4v) is 1.39. The van der Waals surface area contributed by atoms with Gasteiger partial charge in [-0.15, -0.1) is 10.2 Å². The van der Waals surface area contributed by atoms with E-state index in [2.05, 4.69) is 14.9 Å². The molecule has 0 amide bonds. The molecule has 0 radical (unpaired) electrons. The molecule has 0 atom stereocenters. The van der Waals surface area contributed by atoms with Gasteiger partial charge in [-0.3, -0.25) is 0 Å². The van der Waals surface area contributed by atoms with Gasteiger partial charge in [0.1, 0.15) is 5.82 Å². The summed E-state index contributed by atoms with van der Waals surface area (Å²) in [6.07, 6.45) is 1.34. The van der Waals surface area contributed by atoms with Crippen LogP contribution in [-0.4, -0.2) is 27.8 Å². The maximum Gasteiger partial charge on any atom is 0.330 e. The smallest absolute Gasteiger partial charge is 0.330 e. The molecule has 0 aromatic carbocycles. The van der Waals surface area contributed by atoms with E-state index in [9.17, 15) is 4.79 Å². The fraction of sp³-hybridized carbons (Fsp3) is 0.375. The van der Waals surface area contributed by atoms with Gasteiger partial charge in [0.2, 0.25) is 0 Å². The van der Waals surface area contributed by atoms with Crippen LogP contribution in [0.25, 0.3) is 0 Å². The third-order valence-corrected chi connectivity index (χ3v) is 2.47. The molecule has 1 aromatic heterocycles. The number of hydrogen-bond donors (Lipinski definition) is 0. The maximum absolute atomic E-state index is 10.7. The fourth-order valence-electron chi connectivity index (χ4n) is 0.709. The molecule has 0 aliphatic rings. The minimum absolute atomic E-state index is 0.378. The van der Waals surface area contributed by atoms with Crippen molar-refractivity contribution in [3.63, 3.8) is 0 Å². The van der Waals surface area contributed by atoms with Crippen molar-refractivity contribution in [2.45, 2.75) is 12.1 Å². The summed E-state index contributed by atoms with van der Waals surface area (Å²) >= 11 is 1.32. The Kier molecular flexibility index (Phi) is 3.70. The number of aromatic nitrogens is 3. The van der Waals surface area contributed by atoms with Gasteiger partial charge in [-0.1, -0.05) is 11.8 Å². The molecule has 0 aliphatic heterocycles. The normalized spacial score (nSPS) is 10.8. The Labute approximate surface area is 86.2 Å². The van der Waals surface area contributed by atoms with Gasteiger partial charge in [-0.05, 0) is 12.3 Å². The first-order valence-electron chi connectivity index (χ1n) is 3.92. The zero-order chi connectivity index (χ0) is 10.6. The summed E-state index contributed by atoms with van der Waals surface area (Å²) in [4.78, 5) is 10.7. The Morgan fingerprint density at radius 3 is 2.79 bits per heavy atom. The van der Waals surface area contributed by atoms with Gasteiger partial charge in [0, 0.05) is 13.1 Å². The number of hydrogen-bond acceptors (Lipinski definition) is 5. The standard InChI is InChI=1S/C8H11N3O2S/c1-6-9-10-8(11(6)2)14-5-4-7(12)13-3/h4-5H,1-3H3. The first-order chi connectivity index (χ1) is 6.65. The average Bonchev–Trinajstić information content (AvgIpc) is 2.49. The molecule has 0 aliphatic carbocycles. The van der Waals surface area contributed by atoms with E-state index in [0.717, 1.165) is 11.0 Å². The van der Waals surface area contributed by atoms with E-state index in [1.165, 1.54) is 24.9 Å². The number of rotatable bonds is 3. The van der Waals surface area contributed by atoms with Crippen LogP contribution >= 0.6 is 11.8 Å². The summed E-state index contributed by atoms with van der Waals surface area (Å²) in [5.74, 6) is 0.454. The van der Waals surface area contributed by atoms with Crippen LogP contribution in [0.2, 0.25) is 0 Å². The van der Waals surface area contributed by atoms with Crippen molar-refractivity contribution >= 4 is 17.7 Å². The molecule has 1 heterocycles. The minimum Gasteiger partial charge on any atom is -0.466 e. The molecule has 1 rings (SSSR count). The highest BCUT2D eigenvalue weighted by atomic mass is 32.2. The third-order valence-electron chi connectivity index (χ3n) is 1.63. The van der Waals surface area contributed by atoms with Gasteiger partial charge in [0.05, 0.1) is 7.11 Å². The number of methoxy groups -OCH3 is 1. The number of esters is 1. The Balaban J connectivity index is 2.58. The second-order valence-electron chi connectivity index (χ2n) is 2.53. The number of ether oxygens (including phenoxy) is 1. The molecular formula is C8H11N3O2S. The van der Waals surface area contributed by atoms with Crippen LogP contribution in [0, 0.1) is 6.92 Å². The number of nitrogens with zero attached hydrogens (tertiary/aromatic N) is 3. The van der Waals surface area contributed by atoms with E-state index < -0.39 is 0 Å². The van der Waals surface area contributed by atoms with Crippen molar-refractivity contribution in [1.29, 1.82) is 0 Å². The van der Waals surface area contributed by atoms with Gasteiger partial charge in [-0.2, -0.15) is 0 Å². The van der Waals surface area contributed by atoms with Crippen LogP contribution in [0.3, 0.4) is 0 Å². The highest BCUT2D eigenvalue weighted by molar-refractivity contribution is 8.02. The largest absolute Gasteiger partial charge is 0.466 e. The van der Waals surface area contributed by atoms with E-state index in [-0.39, 0.29) is 5.97 Å².